The van der Waals surface area contributed by atoms with Gasteiger partial charge in [-0.15, -0.1) is 0 Å². The lowest BCUT2D eigenvalue weighted by Crippen LogP contribution is -2.49. The number of carboxylic acid groups (broad SMARTS) is 1. The van der Waals surface area contributed by atoms with Crippen molar-refractivity contribution in [2.45, 2.75) is 25.7 Å². The summed E-state index contributed by atoms with van der Waals surface area (Å²) in [5.74, 6) is -2.65. The van der Waals surface area contributed by atoms with Crippen molar-refractivity contribution in [1.82, 2.24) is 4.90 Å². The van der Waals surface area contributed by atoms with Crippen LogP contribution in [-0.4, -0.2) is 54.0 Å². The van der Waals surface area contributed by atoms with E-state index in [2.05, 4.69) is 10.2 Å². The van der Waals surface area contributed by atoms with Crippen LogP contribution in [0, 0.1) is 11.8 Å². The minimum atomic E-state index is -0.933. The smallest absolute Gasteiger partial charge is 0.307 e. The van der Waals surface area contributed by atoms with Gasteiger partial charge in [0, 0.05) is 36.9 Å². The fourth-order valence-electron chi connectivity index (χ4n) is 4.73. The van der Waals surface area contributed by atoms with Crippen LogP contribution in [0.1, 0.15) is 36.0 Å². The van der Waals surface area contributed by atoms with Gasteiger partial charge in [-0.2, -0.15) is 0 Å². The third-order valence-corrected chi connectivity index (χ3v) is 6.85. The summed E-state index contributed by atoms with van der Waals surface area (Å²) in [7, 11) is 0. The molecule has 7 nitrogen and oxygen atoms in total. The van der Waals surface area contributed by atoms with Crippen LogP contribution in [0.2, 0.25) is 5.02 Å². The largest absolute Gasteiger partial charge is 0.481 e. The summed E-state index contributed by atoms with van der Waals surface area (Å²) in [6.07, 6.45) is 2.70. The van der Waals surface area contributed by atoms with Crippen molar-refractivity contribution in [3.05, 3.63) is 59.1 Å². The number of nitrogens with zero attached hydrogens (tertiary/aromatic N) is 2. The second-order valence-electron chi connectivity index (χ2n) is 8.63. The first-order valence-electron chi connectivity index (χ1n) is 11.4. The minimum absolute atomic E-state index is 0.139. The Bertz CT molecular complexity index is 1020. The van der Waals surface area contributed by atoms with Crippen molar-refractivity contribution < 1.29 is 19.5 Å². The Morgan fingerprint density at radius 3 is 2.18 bits per heavy atom. The summed E-state index contributed by atoms with van der Waals surface area (Å²) < 4.78 is 0. The molecule has 8 heteroatoms. The highest BCUT2D eigenvalue weighted by Gasteiger charge is 2.36. The average molecular weight is 470 g/mol. The third kappa shape index (κ3) is 5.30. The molecule has 1 saturated carbocycles. The van der Waals surface area contributed by atoms with E-state index < -0.39 is 17.8 Å². The molecule has 2 N–H and O–H groups in total. The summed E-state index contributed by atoms with van der Waals surface area (Å²) in [6.45, 7) is 2.52. The van der Waals surface area contributed by atoms with Crippen LogP contribution in [0.15, 0.2) is 48.5 Å². The molecule has 0 aromatic heterocycles. The van der Waals surface area contributed by atoms with Crippen LogP contribution in [0.4, 0.5) is 11.4 Å². The molecule has 174 valence electrons. The number of carbonyl (C=O) groups excluding carboxylic acids is 2. The second kappa shape index (κ2) is 10.3. The van der Waals surface area contributed by atoms with Gasteiger partial charge in [0.2, 0.25) is 5.91 Å². The zero-order chi connectivity index (χ0) is 23.4. The van der Waals surface area contributed by atoms with E-state index in [9.17, 15) is 19.5 Å². The molecule has 2 amide bonds. The average Bonchev–Trinajstić information content (AvgIpc) is 2.84. The van der Waals surface area contributed by atoms with Crippen LogP contribution in [-0.2, 0) is 9.59 Å². The van der Waals surface area contributed by atoms with Crippen molar-refractivity contribution in [2.75, 3.05) is 36.4 Å². The normalized spacial score (nSPS) is 20.9. The second-order valence-corrected chi connectivity index (χ2v) is 9.06. The number of aliphatic carboxylic acids is 1. The molecule has 2 aromatic carbocycles. The molecule has 1 aliphatic heterocycles. The topological polar surface area (TPSA) is 90.0 Å². The molecular formula is C25H28ClN3O4. The van der Waals surface area contributed by atoms with Gasteiger partial charge in [-0.1, -0.05) is 36.6 Å². The lowest BCUT2D eigenvalue weighted by atomic mass is 9.78. The van der Waals surface area contributed by atoms with Crippen LogP contribution < -0.4 is 10.2 Å². The first kappa shape index (κ1) is 23.1. The number of halogens is 1. The Hall–Kier alpha value is -3.06. The van der Waals surface area contributed by atoms with Crippen LogP contribution >= 0.6 is 11.6 Å². The quantitative estimate of drug-likeness (QED) is 0.687. The molecular weight excluding hydrogens is 442 g/mol. The molecule has 0 unspecified atom stereocenters. The van der Waals surface area contributed by atoms with E-state index in [0.717, 1.165) is 18.5 Å². The number of rotatable bonds is 5. The molecule has 1 heterocycles. The van der Waals surface area contributed by atoms with Crippen LogP contribution in [0.5, 0.6) is 0 Å². The molecule has 1 saturated heterocycles. The van der Waals surface area contributed by atoms with Crippen molar-refractivity contribution in [3.8, 4) is 0 Å². The number of amides is 2. The molecule has 0 spiro atoms. The number of hydrogen-bond acceptors (Lipinski definition) is 4. The third-order valence-electron chi connectivity index (χ3n) is 6.59. The molecule has 2 aliphatic rings. The Morgan fingerprint density at radius 1 is 0.879 bits per heavy atom. The fraction of sp³-hybridized carbons (Fsp3) is 0.400. The molecule has 33 heavy (non-hydrogen) atoms. The van der Waals surface area contributed by atoms with E-state index in [0.29, 0.717) is 55.3 Å². The number of piperazine rings is 1. The summed E-state index contributed by atoms with van der Waals surface area (Å²) in [4.78, 5) is 41.8. The SMILES string of the molecule is O=C(Nc1ccccc1C(=O)N1CCN(c2ccc(Cl)cc2)CC1)[C@H]1CCCC[C@H]1C(=O)O. The van der Waals surface area contributed by atoms with Gasteiger partial charge in [-0.25, -0.2) is 0 Å². The highest BCUT2D eigenvalue weighted by molar-refractivity contribution is 6.30. The van der Waals surface area contributed by atoms with Crippen molar-refractivity contribution in [2.24, 2.45) is 11.8 Å². The lowest BCUT2D eigenvalue weighted by Gasteiger charge is -2.36. The fourth-order valence-corrected chi connectivity index (χ4v) is 4.86. The molecule has 2 atom stereocenters. The zero-order valence-electron chi connectivity index (χ0n) is 18.4. The first-order chi connectivity index (χ1) is 15.9. The minimum Gasteiger partial charge on any atom is -0.481 e. The molecule has 0 bridgehead atoms. The summed E-state index contributed by atoms with van der Waals surface area (Å²) in [6, 6.07) is 14.6. The Labute approximate surface area is 198 Å². The maximum absolute atomic E-state index is 13.3. The number of para-hydroxylation sites is 1. The Morgan fingerprint density at radius 2 is 1.52 bits per heavy atom. The van der Waals surface area contributed by atoms with E-state index in [-0.39, 0.29) is 11.8 Å². The predicted molar refractivity (Wildman–Crippen MR) is 128 cm³/mol. The van der Waals surface area contributed by atoms with Gasteiger partial charge in [-0.3, -0.25) is 14.4 Å². The van der Waals surface area contributed by atoms with Gasteiger partial charge in [-0.05, 0) is 49.2 Å². The van der Waals surface area contributed by atoms with Gasteiger partial charge >= 0.3 is 5.97 Å². The van der Waals surface area contributed by atoms with Crippen molar-refractivity contribution in [1.29, 1.82) is 0 Å². The van der Waals surface area contributed by atoms with Crippen LogP contribution in [0.3, 0.4) is 0 Å². The number of carbonyl (C=O) groups is 3. The predicted octanol–water partition coefficient (Wildman–Crippen LogP) is 4.13. The maximum atomic E-state index is 13.3. The van der Waals surface area contributed by atoms with E-state index in [1.165, 1.54) is 0 Å². The van der Waals surface area contributed by atoms with Gasteiger partial charge in [0.25, 0.3) is 5.91 Å². The van der Waals surface area contributed by atoms with Crippen molar-refractivity contribution in [3.63, 3.8) is 0 Å². The highest BCUT2D eigenvalue weighted by atomic mass is 35.5. The molecule has 4 rings (SSSR count). The molecule has 2 fully saturated rings. The van der Waals surface area contributed by atoms with Gasteiger partial charge in [0.1, 0.15) is 0 Å². The number of carboxylic acids is 1. The molecule has 2 aromatic rings. The van der Waals surface area contributed by atoms with Gasteiger partial charge < -0.3 is 20.2 Å². The number of nitrogens with one attached hydrogen (secondary N) is 1. The van der Waals surface area contributed by atoms with Gasteiger partial charge in [0.15, 0.2) is 0 Å². The molecule has 0 radical (unpaired) electrons. The van der Waals surface area contributed by atoms with Gasteiger partial charge in [0.05, 0.1) is 23.1 Å². The standard InChI is InChI=1S/C25H28ClN3O4/c26-17-9-11-18(12-10-17)28-13-15-29(16-14-28)24(31)21-7-3-4-8-22(21)27-23(30)19-5-1-2-6-20(19)25(32)33/h3-4,7-12,19-20H,1-2,5-6,13-16H2,(H,27,30)(H,32,33)/t19-,20+/m0/s1. The van der Waals surface area contributed by atoms with E-state index in [4.69, 9.17) is 11.6 Å². The number of anilines is 2. The monoisotopic (exact) mass is 469 g/mol. The Kier molecular flexibility index (Phi) is 7.18. The number of hydrogen-bond donors (Lipinski definition) is 2. The van der Waals surface area contributed by atoms with Crippen LogP contribution in [0.25, 0.3) is 0 Å². The molecule has 1 aliphatic carbocycles. The summed E-state index contributed by atoms with van der Waals surface area (Å²) >= 11 is 5.98. The lowest BCUT2D eigenvalue weighted by molar-refractivity contribution is -0.147. The van der Waals surface area contributed by atoms with E-state index in [1.54, 1.807) is 29.2 Å². The highest BCUT2D eigenvalue weighted by Crippen LogP contribution is 2.32. The van der Waals surface area contributed by atoms with E-state index >= 15 is 0 Å². The van der Waals surface area contributed by atoms with E-state index in [1.807, 2.05) is 24.3 Å². The maximum Gasteiger partial charge on any atom is 0.307 e. The van der Waals surface area contributed by atoms with Crippen molar-refractivity contribution >= 4 is 40.8 Å². The first-order valence-corrected chi connectivity index (χ1v) is 11.7. The summed E-state index contributed by atoms with van der Waals surface area (Å²) in [5, 5.41) is 13.0. The zero-order valence-corrected chi connectivity index (χ0v) is 19.1. The summed E-state index contributed by atoms with van der Waals surface area (Å²) in [5.41, 5.74) is 1.93. The number of benzene rings is 2. The Balaban J connectivity index is 1.43.